The van der Waals surface area contributed by atoms with Crippen molar-refractivity contribution in [2.45, 2.75) is 31.9 Å². The number of hydrogen-bond donors (Lipinski definition) is 2. The second-order valence-corrected chi connectivity index (χ2v) is 8.71. The Morgan fingerprint density at radius 1 is 1.03 bits per heavy atom. The van der Waals surface area contributed by atoms with Crippen molar-refractivity contribution in [2.24, 2.45) is 5.92 Å². The molecule has 0 bridgehead atoms. The fraction of sp³-hybridized carbons (Fsp3) is 0.231. The van der Waals surface area contributed by atoms with Gasteiger partial charge in [0, 0.05) is 6.54 Å². The molecular formula is C26H23ClFN3O4. The van der Waals surface area contributed by atoms with Crippen LogP contribution in [0, 0.1) is 11.7 Å². The second-order valence-electron chi connectivity index (χ2n) is 8.30. The SMILES string of the molecule is O=C(O)[C@H](CCn1nnc2ccccc2c1=O)[C@H](O)CCc1ccc(-c2ccc(Cl)c(F)c2)cc1. The van der Waals surface area contributed by atoms with E-state index in [4.69, 9.17) is 11.6 Å². The van der Waals surface area contributed by atoms with Gasteiger partial charge in [-0.05, 0) is 60.2 Å². The molecule has 0 unspecified atom stereocenters. The Hall–Kier alpha value is -3.62. The standard InChI is InChI=1S/C26H23ClFN3O4/c27-21-11-10-18(15-22(21)28)17-8-5-16(6-9-17)7-12-24(32)20(26(34)35)13-14-31-25(33)19-3-1-2-4-23(19)29-30-31/h1-6,8-11,15,20,24,32H,7,12-14H2,(H,34,35)/t20-,24-/m1/s1. The van der Waals surface area contributed by atoms with Crippen LogP contribution in [0.15, 0.2) is 71.5 Å². The van der Waals surface area contributed by atoms with Crippen molar-refractivity contribution >= 4 is 28.5 Å². The number of carboxylic acid groups (broad SMARTS) is 1. The molecule has 4 aromatic rings. The van der Waals surface area contributed by atoms with Gasteiger partial charge in [0.2, 0.25) is 0 Å². The lowest BCUT2D eigenvalue weighted by Gasteiger charge is -2.19. The van der Waals surface area contributed by atoms with Gasteiger partial charge in [0.05, 0.1) is 22.4 Å². The maximum atomic E-state index is 13.7. The van der Waals surface area contributed by atoms with Gasteiger partial charge in [-0.2, -0.15) is 0 Å². The van der Waals surface area contributed by atoms with Crippen LogP contribution in [0.2, 0.25) is 5.02 Å². The summed E-state index contributed by atoms with van der Waals surface area (Å²) in [7, 11) is 0. The molecule has 2 atom stereocenters. The van der Waals surface area contributed by atoms with E-state index in [1.54, 1.807) is 30.3 Å². The van der Waals surface area contributed by atoms with E-state index in [0.29, 0.717) is 22.9 Å². The number of aliphatic hydroxyl groups excluding tert-OH is 1. The molecule has 35 heavy (non-hydrogen) atoms. The number of benzene rings is 3. The lowest BCUT2D eigenvalue weighted by Crippen LogP contribution is -2.32. The van der Waals surface area contributed by atoms with Crippen LogP contribution in [0.4, 0.5) is 4.39 Å². The summed E-state index contributed by atoms with van der Waals surface area (Å²) in [5, 5.41) is 28.6. The summed E-state index contributed by atoms with van der Waals surface area (Å²) in [6, 6.07) is 18.8. The third kappa shape index (κ3) is 5.72. The van der Waals surface area contributed by atoms with Gasteiger partial charge in [0.1, 0.15) is 11.3 Å². The summed E-state index contributed by atoms with van der Waals surface area (Å²) in [4.78, 5) is 24.4. The summed E-state index contributed by atoms with van der Waals surface area (Å²) in [6.07, 6.45) is -0.397. The maximum Gasteiger partial charge on any atom is 0.309 e. The van der Waals surface area contributed by atoms with Gasteiger partial charge in [-0.15, -0.1) is 5.10 Å². The largest absolute Gasteiger partial charge is 0.481 e. The molecule has 0 radical (unpaired) electrons. The van der Waals surface area contributed by atoms with Crippen molar-refractivity contribution in [3.05, 3.63) is 93.5 Å². The molecule has 0 saturated carbocycles. The van der Waals surface area contributed by atoms with Crippen molar-refractivity contribution in [3.63, 3.8) is 0 Å². The summed E-state index contributed by atoms with van der Waals surface area (Å²) < 4.78 is 14.9. The number of aliphatic carboxylic acids is 1. The molecule has 3 aromatic carbocycles. The molecule has 0 spiro atoms. The highest BCUT2D eigenvalue weighted by molar-refractivity contribution is 6.30. The van der Waals surface area contributed by atoms with Gasteiger partial charge in [-0.1, -0.05) is 59.3 Å². The highest BCUT2D eigenvalue weighted by Gasteiger charge is 2.26. The Labute approximate surface area is 205 Å². The lowest BCUT2D eigenvalue weighted by molar-refractivity contribution is -0.146. The summed E-state index contributed by atoms with van der Waals surface area (Å²) >= 11 is 5.74. The molecule has 1 aromatic heterocycles. The van der Waals surface area contributed by atoms with E-state index in [0.717, 1.165) is 15.8 Å². The van der Waals surface area contributed by atoms with Gasteiger partial charge in [-0.3, -0.25) is 9.59 Å². The van der Waals surface area contributed by atoms with Crippen molar-refractivity contribution in [3.8, 4) is 11.1 Å². The number of nitrogens with zero attached hydrogens (tertiary/aromatic N) is 3. The zero-order valence-electron chi connectivity index (χ0n) is 18.6. The molecule has 180 valence electrons. The first kappa shape index (κ1) is 24.5. The highest BCUT2D eigenvalue weighted by atomic mass is 35.5. The number of carbonyl (C=O) groups is 1. The Bertz CT molecular complexity index is 1410. The second kappa shape index (κ2) is 10.8. The van der Waals surface area contributed by atoms with Crippen LogP contribution in [0.25, 0.3) is 22.0 Å². The van der Waals surface area contributed by atoms with Crippen LogP contribution in [0.3, 0.4) is 0 Å². The quantitative estimate of drug-likeness (QED) is 0.358. The van der Waals surface area contributed by atoms with Crippen LogP contribution >= 0.6 is 11.6 Å². The van der Waals surface area contributed by atoms with Gasteiger partial charge in [0.25, 0.3) is 5.56 Å². The average Bonchev–Trinajstić information content (AvgIpc) is 2.86. The maximum absolute atomic E-state index is 13.7. The third-order valence-electron chi connectivity index (χ3n) is 6.00. The number of aliphatic hydroxyl groups is 1. The van der Waals surface area contributed by atoms with E-state index in [2.05, 4.69) is 10.3 Å². The van der Waals surface area contributed by atoms with Gasteiger partial charge in [-0.25, -0.2) is 9.07 Å². The number of hydrogen-bond acceptors (Lipinski definition) is 5. The van der Waals surface area contributed by atoms with Gasteiger partial charge in [0.15, 0.2) is 0 Å². The fourth-order valence-electron chi connectivity index (χ4n) is 3.97. The van der Waals surface area contributed by atoms with Crippen LogP contribution < -0.4 is 5.56 Å². The normalized spacial score (nSPS) is 13.0. The van der Waals surface area contributed by atoms with Crippen molar-refractivity contribution < 1.29 is 19.4 Å². The molecule has 0 aliphatic carbocycles. The van der Waals surface area contributed by atoms with Crippen molar-refractivity contribution in [1.29, 1.82) is 0 Å². The van der Waals surface area contributed by atoms with Crippen molar-refractivity contribution in [1.82, 2.24) is 15.0 Å². The minimum Gasteiger partial charge on any atom is -0.481 e. The Morgan fingerprint density at radius 2 is 1.74 bits per heavy atom. The third-order valence-corrected chi connectivity index (χ3v) is 6.31. The first-order chi connectivity index (χ1) is 16.8. The minimum atomic E-state index is -1.14. The van der Waals surface area contributed by atoms with E-state index in [-0.39, 0.29) is 30.0 Å². The topological polar surface area (TPSA) is 105 Å². The molecule has 1 heterocycles. The zero-order chi connectivity index (χ0) is 24.9. The smallest absolute Gasteiger partial charge is 0.309 e. The predicted molar refractivity (Wildman–Crippen MR) is 131 cm³/mol. The predicted octanol–water partition coefficient (Wildman–Crippen LogP) is 4.34. The van der Waals surface area contributed by atoms with Gasteiger partial charge >= 0.3 is 5.97 Å². The number of aromatic nitrogens is 3. The molecule has 9 heteroatoms. The number of halogens is 2. The van der Waals surface area contributed by atoms with E-state index in [9.17, 15) is 24.2 Å². The van der Waals surface area contributed by atoms with Crippen molar-refractivity contribution in [2.75, 3.05) is 0 Å². The Morgan fingerprint density at radius 3 is 2.46 bits per heavy atom. The summed E-state index contributed by atoms with van der Waals surface area (Å²) in [5.74, 6) is -2.70. The van der Waals surface area contributed by atoms with Crippen LogP contribution in [-0.2, 0) is 17.8 Å². The summed E-state index contributed by atoms with van der Waals surface area (Å²) in [5.41, 5.74) is 2.53. The molecule has 0 fully saturated rings. The van der Waals surface area contributed by atoms with E-state index in [1.165, 1.54) is 12.1 Å². The van der Waals surface area contributed by atoms with E-state index >= 15 is 0 Å². The van der Waals surface area contributed by atoms with E-state index in [1.807, 2.05) is 24.3 Å². The van der Waals surface area contributed by atoms with Crippen LogP contribution in [0.1, 0.15) is 18.4 Å². The fourth-order valence-corrected chi connectivity index (χ4v) is 4.08. The molecule has 0 aliphatic heterocycles. The highest BCUT2D eigenvalue weighted by Crippen LogP contribution is 2.25. The average molecular weight is 496 g/mol. The molecule has 0 saturated heterocycles. The minimum absolute atomic E-state index is 0.0248. The zero-order valence-corrected chi connectivity index (χ0v) is 19.4. The van der Waals surface area contributed by atoms with Gasteiger partial charge < -0.3 is 10.2 Å². The number of carboxylic acids is 1. The van der Waals surface area contributed by atoms with E-state index < -0.39 is 23.8 Å². The number of aryl methyl sites for hydroxylation is 2. The molecule has 2 N–H and O–H groups in total. The first-order valence-electron chi connectivity index (χ1n) is 11.1. The van der Waals surface area contributed by atoms with Crippen LogP contribution in [-0.4, -0.2) is 37.3 Å². The molecule has 0 amide bonds. The van der Waals surface area contributed by atoms with Crippen LogP contribution in [0.5, 0.6) is 0 Å². The molecular weight excluding hydrogens is 473 g/mol. The Balaban J connectivity index is 1.38. The lowest BCUT2D eigenvalue weighted by atomic mass is 9.93. The first-order valence-corrected chi connectivity index (χ1v) is 11.5. The number of rotatable bonds is 9. The Kier molecular flexibility index (Phi) is 7.53. The molecule has 0 aliphatic rings. The molecule has 7 nitrogen and oxygen atoms in total. The summed E-state index contributed by atoms with van der Waals surface area (Å²) in [6.45, 7) is 0.0248. The monoisotopic (exact) mass is 495 g/mol. The molecule has 4 rings (SSSR count). The number of fused-ring (bicyclic) bond motifs is 1.